The van der Waals surface area contributed by atoms with Gasteiger partial charge in [-0.05, 0) is 25.0 Å². The molecule has 0 unspecified atom stereocenters. The van der Waals surface area contributed by atoms with Crippen LogP contribution in [-0.4, -0.2) is 11.1 Å². The van der Waals surface area contributed by atoms with Gasteiger partial charge >= 0.3 is 5.97 Å². The minimum atomic E-state index is -0.887. The molecule has 13 heavy (non-hydrogen) atoms. The van der Waals surface area contributed by atoms with Crippen LogP contribution in [0.15, 0.2) is 18.2 Å². The molecule has 1 heterocycles. The summed E-state index contributed by atoms with van der Waals surface area (Å²) >= 11 is 0. The summed E-state index contributed by atoms with van der Waals surface area (Å²) in [6, 6.07) is 5.09. The van der Waals surface area contributed by atoms with E-state index in [0.29, 0.717) is 11.3 Å². The predicted octanol–water partition coefficient (Wildman–Crippen LogP) is 1.87. The van der Waals surface area contributed by atoms with E-state index in [4.69, 9.17) is 9.84 Å². The van der Waals surface area contributed by atoms with Crippen molar-refractivity contribution < 1.29 is 14.6 Å². The molecule has 2 rings (SSSR count). The van der Waals surface area contributed by atoms with Crippen molar-refractivity contribution in [3.8, 4) is 5.75 Å². The SMILES string of the molecule is O=C(O)c1cccc2c1CC[CH]O2. The maximum atomic E-state index is 10.8. The van der Waals surface area contributed by atoms with Crippen molar-refractivity contribution >= 4 is 5.97 Å². The van der Waals surface area contributed by atoms with Gasteiger partial charge in [-0.3, -0.25) is 0 Å². The van der Waals surface area contributed by atoms with Crippen molar-refractivity contribution in [3.05, 3.63) is 35.9 Å². The quantitative estimate of drug-likeness (QED) is 0.712. The summed E-state index contributed by atoms with van der Waals surface area (Å²) in [4.78, 5) is 10.8. The van der Waals surface area contributed by atoms with Gasteiger partial charge in [-0.1, -0.05) is 6.07 Å². The molecule has 0 amide bonds. The smallest absolute Gasteiger partial charge is 0.336 e. The molecule has 3 heteroatoms. The Balaban J connectivity index is 2.52. The lowest BCUT2D eigenvalue weighted by Crippen LogP contribution is -2.09. The summed E-state index contributed by atoms with van der Waals surface area (Å²) in [5.41, 5.74) is 1.16. The minimum absolute atomic E-state index is 0.352. The van der Waals surface area contributed by atoms with Crippen LogP contribution in [0.5, 0.6) is 5.75 Å². The molecule has 0 aliphatic carbocycles. The van der Waals surface area contributed by atoms with Crippen LogP contribution < -0.4 is 4.74 Å². The number of rotatable bonds is 1. The third-order valence-electron chi connectivity index (χ3n) is 2.09. The number of carboxylic acids is 1. The van der Waals surface area contributed by atoms with Crippen LogP contribution in [0.3, 0.4) is 0 Å². The molecule has 1 aromatic rings. The molecule has 0 fully saturated rings. The largest absolute Gasteiger partial charge is 0.486 e. The molecule has 1 radical (unpaired) electrons. The van der Waals surface area contributed by atoms with Crippen molar-refractivity contribution in [2.75, 3.05) is 0 Å². The van der Waals surface area contributed by atoms with Crippen LogP contribution >= 0.6 is 0 Å². The summed E-state index contributed by atoms with van der Waals surface area (Å²) in [6.45, 7) is 1.70. The topological polar surface area (TPSA) is 46.5 Å². The van der Waals surface area contributed by atoms with E-state index in [1.54, 1.807) is 24.8 Å². The summed E-state index contributed by atoms with van der Waals surface area (Å²) in [5.74, 6) is -0.214. The van der Waals surface area contributed by atoms with Crippen LogP contribution in [0.1, 0.15) is 22.3 Å². The number of aromatic carboxylic acids is 1. The third-order valence-corrected chi connectivity index (χ3v) is 2.09. The number of ether oxygens (including phenoxy) is 1. The van der Waals surface area contributed by atoms with E-state index in [9.17, 15) is 4.79 Å². The first-order valence-electron chi connectivity index (χ1n) is 4.12. The van der Waals surface area contributed by atoms with E-state index in [0.717, 1.165) is 18.4 Å². The number of benzene rings is 1. The second-order valence-corrected chi connectivity index (χ2v) is 2.91. The van der Waals surface area contributed by atoms with Gasteiger partial charge in [0, 0.05) is 5.56 Å². The fraction of sp³-hybridized carbons (Fsp3) is 0.200. The van der Waals surface area contributed by atoms with E-state index >= 15 is 0 Å². The van der Waals surface area contributed by atoms with E-state index in [-0.39, 0.29) is 0 Å². The Morgan fingerprint density at radius 1 is 1.46 bits per heavy atom. The Morgan fingerprint density at radius 2 is 2.31 bits per heavy atom. The molecule has 1 aliphatic heterocycles. The molecule has 0 saturated heterocycles. The molecule has 1 N–H and O–H groups in total. The molecule has 0 bridgehead atoms. The molecular weight excluding hydrogens is 168 g/mol. The van der Waals surface area contributed by atoms with Gasteiger partial charge in [0.25, 0.3) is 0 Å². The lowest BCUT2D eigenvalue weighted by Gasteiger charge is -2.17. The first kappa shape index (κ1) is 8.10. The summed E-state index contributed by atoms with van der Waals surface area (Å²) in [7, 11) is 0. The Hall–Kier alpha value is -1.51. The average molecular weight is 177 g/mol. The number of fused-ring (bicyclic) bond motifs is 1. The number of hydrogen-bond acceptors (Lipinski definition) is 2. The fourth-order valence-corrected chi connectivity index (χ4v) is 1.49. The van der Waals surface area contributed by atoms with Gasteiger partial charge in [-0.15, -0.1) is 0 Å². The zero-order valence-electron chi connectivity index (χ0n) is 6.99. The summed E-state index contributed by atoms with van der Waals surface area (Å²) in [6.07, 6.45) is 1.52. The van der Waals surface area contributed by atoms with Gasteiger partial charge in [-0.2, -0.15) is 0 Å². The zero-order chi connectivity index (χ0) is 9.26. The molecule has 1 aromatic carbocycles. The molecular formula is C10H9O3. The highest BCUT2D eigenvalue weighted by Gasteiger charge is 2.17. The van der Waals surface area contributed by atoms with Crippen molar-refractivity contribution in [2.45, 2.75) is 12.8 Å². The highest BCUT2D eigenvalue weighted by Crippen LogP contribution is 2.28. The number of carbonyl (C=O) groups is 1. The summed E-state index contributed by atoms with van der Waals surface area (Å²) in [5, 5.41) is 8.88. The molecule has 0 saturated carbocycles. The van der Waals surface area contributed by atoms with Crippen LogP contribution in [0.2, 0.25) is 0 Å². The molecule has 0 aromatic heterocycles. The lowest BCUT2D eigenvalue weighted by atomic mass is 10.0. The second-order valence-electron chi connectivity index (χ2n) is 2.91. The van der Waals surface area contributed by atoms with Crippen LogP contribution in [0, 0.1) is 6.61 Å². The predicted molar refractivity (Wildman–Crippen MR) is 46.7 cm³/mol. The van der Waals surface area contributed by atoms with E-state index < -0.39 is 5.97 Å². The van der Waals surface area contributed by atoms with Gasteiger partial charge in [0.2, 0.25) is 0 Å². The maximum absolute atomic E-state index is 10.8. The Labute approximate surface area is 76.0 Å². The monoisotopic (exact) mass is 177 g/mol. The molecule has 1 aliphatic rings. The Bertz CT molecular complexity index is 344. The highest BCUT2D eigenvalue weighted by atomic mass is 16.5. The summed E-state index contributed by atoms with van der Waals surface area (Å²) < 4.78 is 5.23. The van der Waals surface area contributed by atoms with E-state index in [1.165, 1.54) is 0 Å². The van der Waals surface area contributed by atoms with Gasteiger partial charge in [-0.25, -0.2) is 4.79 Å². The third kappa shape index (κ3) is 1.37. The maximum Gasteiger partial charge on any atom is 0.336 e. The van der Waals surface area contributed by atoms with Crippen molar-refractivity contribution in [3.63, 3.8) is 0 Å². The van der Waals surface area contributed by atoms with Crippen molar-refractivity contribution in [1.29, 1.82) is 0 Å². The Morgan fingerprint density at radius 3 is 3.08 bits per heavy atom. The average Bonchev–Trinajstić information content (AvgIpc) is 2.17. The first-order chi connectivity index (χ1) is 6.29. The highest BCUT2D eigenvalue weighted by molar-refractivity contribution is 5.90. The minimum Gasteiger partial charge on any atom is -0.486 e. The zero-order valence-corrected chi connectivity index (χ0v) is 6.99. The molecule has 0 atom stereocenters. The normalized spacial score (nSPS) is 14.5. The van der Waals surface area contributed by atoms with Crippen LogP contribution in [0.25, 0.3) is 0 Å². The lowest BCUT2D eigenvalue weighted by molar-refractivity contribution is 0.0694. The van der Waals surface area contributed by atoms with Gasteiger partial charge < -0.3 is 9.84 Å². The van der Waals surface area contributed by atoms with Crippen molar-refractivity contribution in [1.82, 2.24) is 0 Å². The van der Waals surface area contributed by atoms with E-state index in [1.807, 2.05) is 0 Å². The molecule has 67 valence electrons. The molecule has 0 spiro atoms. The Kier molecular flexibility index (Phi) is 1.93. The van der Waals surface area contributed by atoms with E-state index in [2.05, 4.69) is 0 Å². The number of carboxylic acid groups (broad SMARTS) is 1. The van der Waals surface area contributed by atoms with Gasteiger partial charge in [0.1, 0.15) is 12.4 Å². The van der Waals surface area contributed by atoms with Gasteiger partial charge in [0.05, 0.1) is 5.56 Å². The fourth-order valence-electron chi connectivity index (χ4n) is 1.49. The molecule has 3 nitrogen and oxygen atoms in total. The first-order valence-corrected chi connectivity index (χ1v) is 4.12. The van der Waals surface area contributed by atoms with Crippen LogP contribution in [-0.2, 0) is 6.42 Å². The van der Waals surface area contributed by atoms with Gasteiger partial charge in [0.15, 0.2) is 0 Å². The van der Waals surface area contributed by atoms with Crippen LogP contribution in [0.4, 0.5) is 0 Å². The van der Waals surface area contributed by atoms with Crippen molar-refractivity contribution in [2.24, 2.45) is 0 Å². The second kappa shape index (κ2) is 3.09. The standard InChI is InChI=1S/C10H9O3/c11-10(12)8-3-1-5-9-7(8)4-2-6-13-9/h1,3,5-6H,2,4H2,(H,11,12). The number of hydrogen-bond donors (Lipinski definition) is 1.